The van der Waals surface area contributed by atoms with Gasteiger partial charge in [0.15, 0.2) is 6.61 Å². The fraction of sp³-hybridized carbons (Fsp3) is 0.250. The van der Waals surface area contributed by atoms with Gasteiger partial charge < -0.3 is 4.18 Å². The van der Waals surface area contributed by atoms with Gasteiger partial charge in [-0.15, -0.1) is 0 Å². The van der Waals surface area contributed by atoms with E-state index in [0.717, 1.165) is 0 Å². The second-order valence-electron chi connectivity index (χ2n) is 2.48. The highest BCUT2D eigenvalue weighted by atomic mass is 32.2. The highest BCUT2D eigenvalue weighted by molar-refractivity contribution is 7.75. The fourth-order valence-corrected chi connectivity index (χ4v) is 1.24. The summed E-state index contributed by atoms with van der Waals surface area (Å²) in [7, 11) is 0. The Morgan fingerprint density at radius 1 is 1.20 bits per heavy atom. The summed E-state index contributed by atoms with van der Waals surface area (Å²) in [6.07, 6.45) is -4.52. The number of alkyl halides is 3. The standard InChI is InChI=1S/C8H7F3O3S/c9-8(10,11)6-13-15(12)14-7-4-2-1-3-5-7/h1-5H,6H2. The largest absolute Gasteiger partial charge is 0.413 e. The first kappa shape index (κ1) is 12.0. The van der Waals surface area contributed by atoms with Crippen molar-refractivity contribution >= 4 is 11.4 Å². The van der Waals surface area contributed by atoms with Crippen LogP contribution in [0.25, 0.3) is 0 Å². The normalized spacial score (nSPS) is 13.5. The predicted molar refractivity (Wildman–Crippen MR) is 47.2 cm³/mol. The molecule has 0 aliphatic heterocycles. The van der Waals surface area contributed by atoms with Gasteiger partial charge in [0.2, 0.25) is 0 Å². The molecule has 1 aromatic rings. The van der Waals surface area contributed by atoms with Gasteiger partial charge >= 0.3 is 17.5 Å². The second kappa shape index (κ2) is 5.13. The lowest BCUT2D eigenvalue weighted by molar-refractivity contribution is -0.152. The predicted octanol–water partition coefficient (Wildman–Crippen LogP) is 2.22. The average Bonchev–Trinajstić information content (AvgIpc) is 2.15. The molecule has 0 saturated heterocycles. The minimum absolute atomic E-state index is 0.179. The van der Waals surface area contributed by atoms with E-state index in [1.54, 1.807) is 18.2 Å². The molecule has 15 heavy (non-hydrogen) atoms. The molecule has 1 rings (SSSR count). The molecule has 1 unspecified atom stereocenters. The van der Waals surface area contributed by atoms with Crippen molar-refractivity contribution in [1.29, 1.82) is 0 Å². The molecule has 7 heteroatoms. The second-order valence-corrected chi connectivity index (χ2v) is 3.29. The van der Waals surface area contributed by atoms with Gasteiger partial charge in [0, 0.05) is 0 Å². The van der Waals surface area contributed by atoms with Crippen molar-refractivity contribution in [1.82, 2.24) is 0 Å². The monoisotopic (exact) mass is 240 g/mol. The molecule has 0 aliphatic carbocycles. The molecular formula is C8H7F3O3S. The van der Waals surface area contributed by atoms with Gasteiger partial charge in [-0.3, -0.25) is 0 Å². The summed E-state index contributed by atoms with van der Waals surface area (Å²) in [6.45, 7) is -1.60. The van der Waals surface area contributed by atoms with Crippen LogP contribution in [-0.2, 0) is 15.5 Å². The molecule has 1 aromatic carbocycles. The summed E-state index contributed by atoms with van der Waals surface area (Å²) in [5.41, 5.74) is 0. The van der Waals surface area contributed by atoms with Crippen LogP contribution in [0.4, 0.5) is 13.2 Å². The number of hydrogen-bond acceptors (Lipinski definition) is 3. The van der Waals surface area contributed by atoms with E-state index >= 15 is 0 Å². The topological polar surface area (TPSA) is 35.5 Å². The van der Waals surface area contributed by atoms with Crippen LogP contribution in [0.15, 0.2) is 30.3 Å². The molecule has 0 aliphatic rings. The molecule has 0 bridgehead atoms. The third-order valence-corrected chi connectivity index (χ3v) is 1.87. The third kappa shape index (κ3) is 5.38. The van der Waals surface area contributed by atoms with E-state index in [2.05, 4.69) is 8.37 Å². The Morgan fingerprint density at radius 3 is 2.33 bits per heavy atom. The Bertz CT molecular complexity index is 326. The van der Waals surface area contributed by atoms with E-state index in [1.165, 1.54) is 12.1 Å². The van der Waals surface area contributed by atoms with E-state index < -0.39 is 24.1 Å². The lowest BCUT2D eigenvalue weighted by Crippen LogP contribution is -2.19. The molecule has 0 radical (unpaired) electrons. The molecule has 0 aromatic heterocycles. The zero-order valence-corrected chi connectivity index (χ0v) is 8.18. The van der Waals surface area contributed by atoms with E-state index in [4.69, 9.17) is 0 Å². The molecule has 0 fully saturated rings. The van der Waals surface area contributed by atoms with Crippen LogP contribution in [-0.4, -0.2) is 17.0 Å². The Kier molecular flexibility index (Phi) is 4.10. The molecule has 1 atom stereocenters. The van der Waals surface area contributed by atoms with Crippen molar-refractivity contribution in [3.05, 3.63) is 30.3 Å². The highest BCUT2D eigenvalue weighted by Gasteiger charge is 2.29. The van der Waals surface area contributed by atoms with E-state index in [1.807, 2.05) is 0 Å². The van der Waals surface area contributed by atoms with Gasteiger partial charge in [0.25, 0.3) is 0 Å². The van der Waals surface area contributed by atoms with Crippen molar-refractivity contribution in [3.63, 3.8) is 0 Å². The lowest BCUT2D eigenvalue weighted by Gasteiger charge is -2.06. The van der Waals surface area contributed by atoms with Gasteiger partial charge in [-0.2, -0.15) is 17.4 Å². The number of para-hydroxylation sites is 1. The molecule has 0 saturated carbocycles. The van der Waals surface area contributed by atoms with E-state index in [-0.39, 0.29) is 5.75 Å². The molecular weight excluding hydrogens is 233 g/mol. The summed E-state index contributed by atoms with van der Waals surface area (Å²) >= 11 is -2.44. The van der Waals surface area contributed by atoms with Crippen molar-refractivity contribution in [2.75, 3.05) is 6.61 Å². The molecule has 0 N–H and O–H groups in total. The summed E-state index contributed by atoms with van der Waals surface area (Å²) in [5.74, 6) is 0.179. The van der Waals surface area contributed by atoms with Gasteiger partial charge in [-0.1, -0.05) is 18.2 Å². The average molecular weight is 240 g/mol. The third-order valence-electron chi connectivity index (χ3n) is 1.23. The summed E-state index contributed by atoms with van der Waals surface area (Å²) in [4.78, 5) is 0. The van der Waals surface area contributed by atoms with Crippen molar-refractivity contribution < 1.29 is 25.7 Å². The van der Waals surface area contributed by atoms with Crippen LogP contribution in [0.1, 0.15) is 0 Å². The van der Waals surface area contributed by atoms with Crippen LogP contribution in [0.5, 0.6) is 5.75 Å². The Hall–Kier alpha value is -1.08. The first-order valence-corrected chi connectivity index (χ1v) is 4.82. The molecule has 3 nitrogen and oxygen atoms in total. The van der Waals surface area contributed by atoms with Crippen LogP contribution >= 0.6 is 0 Å². The SMILES string of the molecule is O=S(OCC(F)(F)F)Oc1ccccc1. The van der Waals surface area contributed by atoms with E-state index in [9.17, 15) is 17.4 Å². The maximum absolute atomic E-state index is 11.6. The summed E-state index contributed by atoms with van der Waals surface area (Å²) in [5, 5.41) is 0. The summed E-state index contributed by atoms with van der Waals surface area (Å²) < 4.78 is 54.2. The maximum atomic E-state index is 11.6. The van der Waals surface area contributed by atoms with Crippen molar-refractivity contribution in [3.8, 4) is 5.75 Å². The Morgan fingerprint density at radius 2 is 1.80 bits per heavy atom. The minimum Gasteiger partial charge on any atom is -0.380 e. The number of benzene rings is 1. The number of rotatable bonds is 4. The summed E-state index contributed by atoms with van der Waals surface area (Å²) in [6, 6.07) is 7.78. The van der Waals surface area contributed by atoms with Crippen LogP contribution in [0, 0.1) is 0 Å². The zero-order valence-electron chi connectivity index (χ0n) is 7.36. The maximum Gasteiger partial charge on any atom is 0.413 e. The molecule has 84 valence electrons. The molecule has 0 heterocycles. The Labute approximate surface area is 86.7 Å². The van der Waals surface area contributed by atoms with Crippen LogP contribution in [0.3, 0.4) is 0 Å². The van der Waals surface area contributed by atoms with Gasteiger partial charge in [0.05, 0.1) is 0 Å². The zero-order chi connectivity index (χ0) is 11.3. The fourth-order valence-electron chi connectivity index (χ4n) is 0.694. The minimum atomic E-state index is -4.52. The molecule has 0 spiro atoms. The van der Waals surface area contributed by atoms with E-state index in [0.29, 0.717) is 0 Å². The number of hydrogen-bond donors (Lipinski definition) is 0. The van der Waals surface area contributed by atoms with Gasteiger partial charge in [0.1, 0.15) is 5.75 Å². The lowest BCUT2D eigenvalue weighted by atomic mass is 10.3. The highest BCUT2D eigenvalue weighted by Crippen LogP contribution is 2.16. The van der Waals surface area contributed by atoms with Crippen LogP contribution < -0.4 is 4.18 Å². The van der Waals surface area contributed by atoms with Crippen molar-refractivity contribution in [2.24, 2.45) is 0 Å². The van der Waals surface area contributed by atoms with Gasteiger partial charge in [-0.25, -0.2) is 4.18 Å². The number of halogens is 3. The van der Waals surface area contributed by atoms with Crippen LogP contribution in [0.2, 0.25) is 0 Å². The van der Waals surface area contributed by atoms with Crippen molar-refractivity contribution in [2.45, 2.75) is 6.18 Å². The van der Waals surface area contributed by atoms with Gasteiger partial charge in [-0.05, 0) is 12.1 Å². The smallest absolute Gasteiger partial charge is 0.380 e. The first-order valence-electron chi connectivity index (χ1n) is 3.82. The molecule has 0 amide bonds. The Balaban J connectivity index is 2.38. The quantitative estimate of drug-likeness (QED) is 0.809. The first-order chi connectivity index (χ1) is 6.97.